The largest absolute Gasteiger partial charge is 0.468 e. The number of esters is 1. The summed E-state index contributed by atoms with van der Waals surface area (Å²) in [4.78, 5) is 13.8. The van der Waals surface area contributed by atoms with E-state index in [0.29, 0.717) is 23.7 Å². The van der Waals surface area contributed by atoms with Crippen molar-refractivity contribution in [1.29, 1.82) is 0 Å². The standard InChI is InChI=1S/C24H22FN3O2S2/c1-30-23(29)22(18-9-11-19(25)12-10-18)32-24-27-26-21(16-20-8-5-15-31-20)28(24)14-13-17-6-3-2-4-7-17/h2-12,15,22H,13-14,16H2,1H3/t22-/m0/s1. The van der Waals surface area contributed by atoms with E-state index in [1.54, 1.807) is 23.5 Å². The molecule has 4 rings (SSSR count). The maximum atomic E-state index is 13.4. The smallest absolute Gasteiger partial charge is 0.323 e. The zero-order valence-corrected chi connectivity index (χ0v) is 19.1. The van der Waals surface area contributed by atoms with Gasteiger partial charge in [-0.05, 0) is 41.1 Å². The summed E-state index contributed by atoms with van der Waals surface area (Å²) in [5.74, 6) is 0.0688. The van der Waals surface area contributed by atoms with E-state index in [0.717, 1.165) is 12.2 Å². The predicted octanol–water partition coefficient (Wildman–Crippen LogP) is 5.32. The van der Waals surface area contributed by atoms with Gasteiger partial charge in [-0.2, -0.15) is 0 Å². The van der Waals surface area contributed by atoms with Crippen molar-refractivity contribution in [2.75, 3.05) is 7.11 Å². The number of methoxy groups -OCH3 is 1. The van der Waals surface area contributed by atoms with Gasteiger partial charge >= 0.3 is 5.97 Å². The van der Waals surface area contributed by atoms with Crippen LogP contribution in [0.5, 0.6) is 0 Å². The molecular weight excluding hydrogens is 445 g/mol. The lowest BCUT2D eigenvalue weighted by Crippen LogP contribution is -2.14. The Balaban J connectivity index is 1.63. The van der Waals surface area contributed by atoms with Crippen molar-refractivity contribution in [3.63, 3.8) is 0 Å². The van der Waals surface area contributed by atoms with Crippen LogP contribution in [0.3, 0.4) is 0 Å². The summed E-state index contributed by atoms with van der Waals surface area (Å²) in [5.41, 5.74) is 1.86. The summed E-state index contributed by atoms with van der Waals surface area (Å²) < 4.78 is 20.5. The molecule has 0 aliphatic rings. The van der Waals surface area contributed by atoms with E-state index in [4.69, 9.17) is 4.74 Å². The lowest BCUT2D eigenvalue weighted by molar-refractivity contribution is -0.140. The number of thioether (sulfide) groups is 1. The molecule has 8 heteroatoms. The lowest BCUT2D eigenvalue weighted by Gasteiger charge is -2.16. The molecule has 32 heavy (non-hydrogen) atoms. The quantitative estimate of drug-likeness (QED) is 0.246. The van der Waals surface area contributed by atoms with Gasteiger partial charge in [-0.15, -0.1) is 21.5 Å². The number of aromatic nitrogens is 3. The average Bonchev–Trinajstić information content (AvgIpc) is 3.47. The Morgan fingerprint density at radius 1 is 1.09 bits per heavy atom. The molecule has 5 nitrogen and oxygen atoms in total. The van der Waals surface area contributed by atoms with Crippen LogP contribution in [0.4, 0.5) is 4.39 Å². The zero-order chi connectivity index (χ0) is 22.3. The number of aryl methyl sites for hydroxylation is 1. The van der Waals surface area contributed by atoms with Gasteiger partial charge < -0.3 is 9.30 Å². The summed E-state index contributed by atoms with van der Waals surface area (Å²) in [5, 5.41) is 10.8. The van der Waals surface area contributed by atoms with Crippen LogP contribution in [0.25, 0.3) is 0 Å². The molecule has 1 atom stereocenters. The maximum Gasteiger partial charge on any atom is 0.323 e. The van der Waals surface area contributed by atoms with Gasteiger partial charge in [0.15, 0.2) is 5.16 Å². The minimum Gasteiger partial charge on any atom is -0.468 e. The van der Waals surface area contributed by atoms with E-state index in [9.17, 15) is 9.18 Å². The van der Waals surface area contributed by atoms with E-state index in [-0.39, 0.29) is 5.82 Å². The van der Waals surface area contributed by atoms with Crippen molar-refractivity contribution < 1.29 is 13.9 Å². The van der Waals surface area contributed by atoms with Gasteiger partial charge in [-0.3, -0.25) is 4.79 Å². The zero-order valence-electron chi connectivity index (χ0n) is 17.5. The van der Waals surface area contributed by atoms with Gasteiger partial charge in [0.25, 0.3) is 0 Å². The van der Waals surface area contributed by atoms with Crippen LogP contribution in [-0.4, -0.2) is 27.8 Å². The molecule has 0 radical (unpaired) electrons. The highest BCUT2D eigenvalue weighted by Gasteiger charge is 2.26. The Labute approximate surface area is 194 Å². The van der Waals surface area contributed by atoms with Gasteiger partial charge in [0, 0.05) is 17.8 Å². The fourth-order valence-corrected chi connectivity index (χ4v) is 5.13. The molecule has 0 N–H and O–H groups in total. The molecule has 0 saturated heterocycles. The molecule has 0 bridgehead atoms. The average molecular weight is 468 g/mol. The Bertz CT molecular complexity index is 1150. The molecular formula is C24H22FN3O2S2. The van der Waals surface area contributed by atoms with Crippen molar-refractivity contribution in [2.45, 2.75) is 29.8 Å². The summed E-state index contributed by atoms with van der Waals surface area (Å²) in [6, 6.07) is 20.2. The van der Waals surface area contributed by atoms with Crippen LogP contribution in [0.2, 0.25) is 0 Å². The molecule has 164 valence electrons. The highest BCUT2D eigenvalue weighted by Crippen LogP contribution is 2.36. The van der Waals surface area contributed by atoms with Crippen molar-refractivity contribution in [1.82, 2.24) is 14.8 Å². The number of hydrogen-bond acceptors (Lipinski definition) is 6. The first-order valence-corrected chi connectivity index (χ1v) is 11.9. The molecule has 4 aromatic rings. The predicted molar refractivity (Wildman–Crippen MR) is 124 cm³/mol. The highest BCUT2D eigenvalue weighted by atomic mass is 32.2. The SMILES string of the molecule is COC(=O)[C@@H](Sc1nnc(Cc2cccs2)n1CCc1ccccc1)c1ccc(F)cc1. The van der Waals surface area contributed by atoms with E-state index in [1.165, 1.54) is 41.4 Å². The molecule has 0 aliphatic carbocycles. The lowest BCUT2D eigenvalue weighted by atomic mass is 10.1. The number of carbonyl (C=O) groups is 1. The first-order chi connectivity index (χ1) is 15.6. The Kier molecular flexibility index (Phi) is 7.34. The fraction of sp³-hybridized carbons (Fsp3) is 0.208. The molecule has 2 heterocycles. The van der Waals surface area contributed by atoms with Gasteiger partial charge in [-0.1, -0.05) is 60.3 Å². The van der Waals surface area contributed by atoms with Crippen LogP contribution >= 0.6 is 23.1 Å². The number of benzene rings is 2. The summed E-state index contributed by atoms with van der Waals surface area (Å²) in [6.07, 6.45) is 1.47. The number of hydrogen-bond donors (Lipinski definition) is 0. The van der Waals surface area contributed by atoms with Crippen LogP contribution in [0, 0.1) is 5.82 Å². The maximum absolute atomic E-state index is 13.4. The van der Waals surface area contributed by atoms with E-state index in [2.05, 4.69) is 33.0 Å². The van der Waals surface area contributed by atoms with Crippen LogP contribution in [-0.2, 0) is 28.9 Å². The second-order valence-corrected chi connectivity index (χ2v) is 9.22. The molecule has 0 aliphatic heterocycles. The van der Waals surface area contributed by atoms with Gasteiger partial charge in [0.1, 0.15) is 16.9 Å². The minimum absolute atomic E-state index is 0.355. The van der Waals surface area contributed by atoms with Gasteiger partial charge in [-0.25, -0.2) is 4.39 Å². The molecule has 0 amide bonds. The van der Waals surface area contributed by atoms with E-state index >= 15 is 0 Å². The third kappa shape index (κ3) is 5.44. The number of rotatable bonds is 9. The molecule has 0 unspecified atom stereocenters. The minimum atomic E-state index is -0.671. The molecule has 0 fully saturated rings. The molecule has 0 saturated carbocycles. The number of halogens is 1. The Morgan fingerprint density at radius 3 is 2.56 bits per heavy atom. The number of thiophene rings is 1. The number of nitrogens with zero attached hydrogens (tertiary/aromatic N) is 3. The van der Waals surface area contributed by atoms with Crippen molar-refractivity contribution in [3.05, 3.63) is 99.8 Å². The van der Waals surface area contributed by atoms with Gasteiger partial charge in [0.2, 0.25) is 0 Å². The van der Waals surface area contributed by atoms with Crippen LogP contribution in [0.1, 0.15) is 27.1 Å². The molecule has 2 aromatic carbocycles. The van der Waals surface area contributed by atoms with E-state index < -0.39 is 11.2 Å². The molecule has 2 aromatic heterocycles. The van der Waals surface area contributed by atoms with Crippen molar-refractivity contribution in [3.8, 4) is 0 Å². The van der Waals surface area contributed by atoms with Crippen LogP contribution < -0.4 is 0 Å². The third-order valence-electron chi connectivity index (χ3n) is 4.98. The second kappa shape index (κ2) is 10.6. The number of ether oxygens (including phenoxy) is 1. The van der Waals surface area contributed by atoms with Gasteiger partial charge in [0.05, 0.1) is 7.11 Å². The Morgan fingerprint density at radius 2 is 1.88 bits per heavy atom. The summed E-state index contributed by atoms with van der Waals surface area (Å²) in [6.45, 7) is 0.678. The first-order valence-electron chi connectivity index (χ1n) is 10.1. The fourth-order valence-electron chi connectivity index (χ4n) is 3.32. The van der Waals surface area contributed by atoms with Crippen molar-refractivity contribution >= 4 is 29.1 Å². The van der Waals surface area contributed by atoms with Crippen molar-refractivity contribution in [2.24, 2.45) is 0 Å². The van der Waals surface area contributed by atoms with E-state index in [1.807, 2.05) is 29.6 Å². The Hall–Kier alpha value is -2.97. The second-order valence-electron chi connectivity index (χ2n) is 7.11. The van der Waals surface area contributed by atoms with Crippen LogP contribution in [0.15, 0.2) is 77.3 Å². The highest BCUT2D eigenvalue weighted by molar-refractivity contribution is 8.00. The summed E-state index contributed by atoms with van der Waals surface area (Å²) in [7, 11) is 1.35. The number of carbonyl (C=O) groups excluding carboxylic acids is 1. The first kappa shape index (κ1) is 22.2. The third-order valence-corrected chi connectivity index (χ3v) is 7.07. The topological polar surface area (TPSA) is 57.0 Å². The normalized spacial score (nSPS) is 11.9. The monoisotopic (exact) mass is 467 g/mol. The molecule has 0 spiro atoms. The summed E-state index contributed by atoms with van der Waals surface area (Å²) >= 11 is 2.94.